The topological polar surface area (TPSA) is 3.24 Å². The minimum Gasteiger partial charge on any atom is -0.306 e. The van der Waals surface area contributed by atoms with Gasteiger partial charge in [0.05, 0.1) is 8.07 Å². The maximum atomic E-state index is 4.22. The van der Waals surface area contributed by atoms with Crippen LogP contribution in [0.5, 0.6) is 0 Å². The predicted molar refractivity (Wildman–Crippen MR) is 99.7 cm³/mol. The van der Waals surface area contributed by atoms with Gasteiger partial charge in [0.15, 0.2) is 0 Å². The number of hydrogen-bond donors (Lipinski definition) is 0. The van der Waals surface area contributed by atoms with Gasteiger partial charge in [-0.05, 0) is 45.1 Å². The lowest BCUT2D eigenvalue weighted by Gasteiger charge is -2.36. The Hall–Kier alpha value is -0.0831. The summed E-state index contributed by atoms with van der Waals surface area (Å²) in [5.41, 5.74) is 1.42. The Bertz CT molecular complexity index is 271. The Morgan fingerprint density at radius 3 is 1.67 bits per heavy atom. The van der Waals surface area contributed by atoms with E-state index in [0.29, 0.717) is 0 Å². The van der Waals surface area contributed by atoms with Crippen molar-refractivity contribution in [3.05, 3.63) is 12.2 Å². The molecule has 1 heterocycles. The lowest BCUT2D eigenvalue weighted by Crippen LogP contribution is -2.47. The van der Waals surface area contributed by atoms with Gasteiger partial charge in [0.25, 0.3) is 0 Å². The van der Waals surface area contributed by atoms with E-state index in [0.717, 1.165) is 0 Å². The summed E-state index contributed by atoms with van der Waals surface area (Å²) in [6, 6.07) is 4.19. The van der Waals surface area contributed by atoms with Crippen molar-refractivity contribution in [3.63, 3.8) is 0 Å². The van der Waals surface area contributed by atoms with Gasteiger partial charge in [0, 0.05) is 0 Å². The minimum atomic E-state index is -1.15. The van der Waals surface area contributed by atoms with Crippen LogP contribution in [-0.4, -0.2) is 32.2 Å². The van der Waals surface area contributed by atoms with Crippen molar-refractivity contribution in [2.24, 2.45) is 0 Å². The zero-order chi connectivity index (χ0) is 15.6. The third-order valence-electron chi connectivity index (χ3n) is 5.43. The molecule has 0 spiro atoms. The first kappa shape index (κ1) is 19.0. The molecule has 1 aliphatic heterocycles. The maximum absolute atomic E-state index is 4.22. The first-order valence-corrected chi connectivity index (χ1v) is 12.3. The van der Waals surface area contributed by atoms with Gasteiger partial charge in [-0.25, -0.2) is 0 Å². The van der Waals surface area contributed by atoms with E-state index in [1.165, 1.54) is 94.3 Å². The number of hydrogen-bond acceptors (Lipinski definition) is 1. The van der Waals surface area contributed by atoms with Crippen LogP contribution >= 0.6 is 0 Å². The summed E-state index contributed by atoms with van der Waals surface area (Å²) < 4.78 is 0. The van der Waals surface area contributed by atoms with Crippen LogP contribution in [0.4, 0.5) is 0 Å². The Kier molecular flexibility index (Phi) is 9.58. The van der Waals surface area contributed by atoms with Gasteiger partial charge in [-0.15, -0.1) is 6.58 Å². The molecule has 21 heavy (non-hydrogen) atoms. The molecule has 1 fully saturated rings. The highest BCUT2D eigenvalue weighted by molar-refractivity contribution is 6.80. The zero-order valence-electron chi connectivity index (χ0n) is 15.1. The monoisotopic (exact) mass is 309 g/mol. The minimum absolute atomic E-state index is 1.15. The zero-order valence-corrected chi connectivity index (χ0v) is 16.1. The maximum Gasteiger partial charge on any atom is 0.0724 e. The van der Waals surface area contributed by atoms with Crippen molar-refractivity contribution in [2.75, 3.05) is 19.3 Å². The molecule has 0 N–H and O–H groups in total. The van der Waals surface area contributed by atoms with E-state index < -0.39 is 8.07 Å². The third-order valence-corrected chi connectivity index (χ3v) is 10.9. The number of rotatable bonds is 6. The number of allylic oxidation sites excluding steroid dienone is 1. The van der Waals surface area contributed by atoms with Gasteiger partial charge >= 0.3 is 0 Å². The molecule has 0 unspecified atom stereocenters. The molecular weight excluding hydrogens is 270 g/mol. The molecule has 0 aliphatic carbocycles. The molecular formula is C19H39NSi. The van der Waals surface area contributed by atoms with Crippen LogP contribution < -0.4 is 0 Å². The molecule has 1 saturated heterocycles. The standard InChI is InChI=1S/C19H39NSi/c1-5-21(6-2,17-19(3)4)18-20-15-13-11-9-7-8-10-12-14-16-20/h3,5-18H2,1-2,4H3. The Morgan fingerprint density at radius 1 is 0.857 bits per heavy atom. The van der Waals surface area contributed by atoms with Crippen LogP contribution in [0.1, 0.15) is 72.1 Å². The molecule has 0 saturated carbocycles. The predicted octanol–water partition coefficient (Wildman–Crippen LogP) is 6.03. The van der Waals surface area contributed by atoms with Gasteiger partial charge < -0.3 is 4.90 Å². The second-order valence-corrected chi connectivity index (χ2v) is 12.5. The molecule has 0 bridgehead atoms. The van der Waals surface area contributed by atoms with Crippen LogP contribution in [0.15, 0.2) is 12.2 Å². The summed E-state index contributed by atoms with van der Waals surface area (Å²) >= 11 is 0. The summed E-state index contributed by atoms with van der Waals surface area (Å²) in [5, 5.41) is 0. The van der Waals surface area contributed by atoms with Gasteiger partial charge in [-0.2, -0.15) is 0 Å². The van der Waals surface area contributed by atoms with Crippen molar-refractivity contribution < 1.29 is 0 Å². The highest BCUT2D eigenvalue weighted by Crippen LogP contribution is 2.26. The second kappa shape index (κ2) is 10.6. The largest absolute Gasteiger partial charge is 0.306 e. The smallest absolute Gasteiger partial charge is 0.0724 e. The van der Waals surface area contributed by atoms with Crippen molar-refractivity contribution in [1.29, 1.82) is 0 Å². The third kappa shape index (κ3) is 7.65. The molecule has 0 aromatic carbocycles. The molecule has 0 radical (unpaired) electrons. The van der Waals surface area contributed by atoms with Crippen molar-refractivity contribution in [1.82, 2.24) is 4.90 Å². The molecule has 2 heteroatoms. The summed E-state index contributed by atoms with van der Waals surface area (Å²) in [6.45, 7) is 14.0. The lowest BCUT2D eigenvalue weighted by molar-refractivity contribution is 0.297. The molecule has 0 atom stereocenters. The quantitative estimate of drug-likeness (QED) is 0.428. The molecule has 0 aromatic rings. The lowest BCUT2D eigenvalue weighted by atomic mass is 10.1. The molecule has 0 amide bonds. The van der Waals surface area contributed by atoms with E-state index in [4.69, 9.17) is 0 Å². The average Bonchev–Trinajstić information content (AvgIpc) is 2.52. The van der Waals surface area contributed by atoms with E-state index in [1.807, 2.05) is 0 Å². The van der Waals surface area contributed by atoms with Gasteiger partial charge in [-0.3, -0.25) is 0 Å². The van der Waals surface area contributed by atoms with Gasteiger partial charge in [-0.1, -0.05) is 70.0 Å². The van der Waals surface area contributed by atoms with Gasteiger partial charge in [0.2, 0.25) is 0 Å². The average molecular weight is 310 g/mol. The Labute approximate surface area is 135 Å². The summed E-state index contributed by atoms with van der Waals surface area (Å²) in [4.78, 5) is 2.84. The molecule has 1 aliphatic rings. The van der Waals surface area contributed by atoms with Gasteiger partial charge in [0.1, 0.15) is 0 Å². The summed E-state index contributed by atoms with van der Waals surface area (Å²) in [6.07, 6.45) is 13.0. The fourth-order valence-electron chi connectivity index (χ4n) is 3.90. The van der Waals surface area contributed by atoms with Crippen LogP contribution in [0.3, 0.4) is 0 Å². The Balaban J connectivity index is 2.61. The molecule has 1 rings (SSSR count). The van der Waals surface area contributed by atoms with Crippen molar-refractivity contribution in [3.8, 4) is 0 Å². The van der Waals surface area contributed by atoms with Crippen LogP contribution in [-0.2, 0) is 0 Å². The summed E-state index contributed by atoms with van der Waals surface area (Å²) in [5.74, 6) is 0. The second-order valence-electron chi connectivity index (χ2n) is 7.45. The number of nitrogens with zero attached hydrogens (tertiary/aromatic N) is 1. The highest BCUT2D eigenvalue weighted by Gasteiger charge is 2.31. The first-order chi connectivity index (χ1) is 10.1. The van der Waals surface area contributed by atoms with Crippen molar-refractivity contribution >= 4 is 8.07 Å². The van der Waals surface area contributed by atoms with E-state index in [-0.39, 0.29) is 0 Å². The van der Waals surface area contributed by atoms with Crippen molar-refractivity contribution in [2.45, 2.75) is 90.3 Å². The SMILES string of the molecule is C=C(C)C[Si](CC)(CC)CN1CCCCCCCCCC1. The normalized spacial score (nSPS) is 20.0. The fraction of sp³-hybridized carbons (Fsp3) is 0.895. The fourth-order valence-corrected chi connectivity index (χ4v) is 8.00. The molecule has 124 valence electrons. The molecule has 0 aromatic heterocycles. The first-order valence-electron chi connectivity index (χ1n) is 9.48. The van der Waals surface area contributed by atoms with E-state index in [1.54, 1.807) is 0 Å². The summed E-state index contributed by atoms with van der Waals surface area (Å²) in [7, 11) is -1.15. The van der Waals surface area contributed by atoms with Crippen LogP contribution in [0, 0.1) is 0 Å². The van der Waals surface area contributed by atoms with E-state index >= 15 is 0 Å². The molecule has 1 nitrogen and oxygen atoms in total. The highest BCUT2D eigenvalue weighted by atomic mass is 28.3. The van der Waals surface area contributed by atoms with E-state index in [9.17, 15) is 0 Å². The van der Waals surface area contributed by atoms with E-state index in [2.05, 4.69) is 32.3 Å². The van der Waals surface area contributed by atoms with Crippen LogP contribution in [0.2, 0.25) is 18.1 Å². The Morgan fingerprint density at radius 2 is 1.29 bits per heavy atom. The van der Waals surface area contributed by atoms with Crippen LogP contribution in [0.25, 0.3) is 0 Å².